The van der Waals surface area contributed by atoms with Crippen LogP contribution < -0.4 is 5.32 Å². The summed E-state index contributed by atoms with van der Waals surface area (Å²) in [6, 6.07) is 7.24. The van der Waals surface area contributed by atoms with Crippen LogP contribution in [0.15, 0.2) is 42.9 Å². The zero-order valence-corrected chi connectivity index (χ0v) is 10.6. The quantitative estimate of drug-likeness (QED) is 0.924. The summed E-state index contributed by atoms with van der Waals surface area (Å²) in [5.74, 6) is -0.254. The second kappa shape index (κ2) is 5.60. The summed E-state index contributed by atoms with van der Waals surface area (Å²) in [6.07, 6.45) is 4.44. The second-order valence-electron chi connectivity index (χ2n) is 3.84. The minimum absolute atomic E-state index is 0.141. The molecule has 0 saturated carbocycles. The standard InChI is InChI=1S/C13H12ClN3O/c1-9(10-3-2-4-11(14)7-10)17-13(18)12-8-15-5-6-16-12/h2-9H,1H3,(H,17,18). The molecule has 1 amide bonds. The molecule has 92 valence electrons. The number of nitrogens with zero attached hydrogens (tertiary/aromatic N) is 2. The predicted octanol–water partition coefficient (Wildman–Crippen LogP) is 2.62. The fraction of sp³-hybridized carbons (Fsp3) is 0.154. The van der Waals surface area contributed by atoms with E-state index in [-0.39, 0.29) is 11.9 Å². The van der Waals surface area contributed by atoms with Crippen LogP contribution in [-0.4, -0.2) is 15.9 Å². The SMILES string of the molecule is CC(NC(=O)c1cnccn1)c1cccc(Cl)c1. The molecule has 0 radical (unpaired) electrons. The van der Waals surface area contributed by atoms with Gasteiger partial charge in [0, 0.05) is 17.4 Å². The number of hydrogen-bond donors (Lipinski definition) is 1. The molecule has 18 heavy (non-hydrogen) atoms. The molecule has 0 aliphatic carbocycles. The first-order valence-electron chi connectivity index (χ1n) is 5.49. The average Bonchev–Trinajstić information content (AvgIpc) is 2.39. The van der Waals surface area contributed by atoms with Gasteiger partial charge in [0.05, 0.1) is 12.2 Å². The molecular formula is C13H12ClN3O. The second-order valence-corrected chi connectivity index (χ2v) is 4.28. The predicted molar refractivity (Wildman–Crippen MR) is 69.4 cm³/mol. The maximum Gasteiger partial charge on any atom is 0.271 e. The van der Waals surface area contributed by atoms with Crippen molar-refractivity contribution in [2.24, 2.45) is 0 Å². The maximum absolute atomic E-state index is 11.9. The zero-order chi connectivity index (χ0) is 13.0. The van der Waals surface area contributed by atoms with Gasteiger partial charge in [0.2, 0.25) is 0 Å². The molecule has 0 aliphatic rings. The Morgan fingerprint density at radius 1 is 1.39 bits per heavy atom. The Morgan fingerprint density at radius 3 is 2.89 bits per heavy atom. The van der Waals surface area contributed by atoms with Crippen molar-refractivity contribution in [2.45, 2.75) is 13.0 Å². The van der Waals surface area contributed by atoms with E-state index in [4.69, 9.17) is 11.6 Å². The van der Waals surface area contributed by atoms with Gasteiger partial charge in [0.25, 0.3) is 5.91 Å². The highest BCUT2D eigenvalue weighted by Gasteiger charge is 2.12. The molecular weight excluding hydrogens is 250 g/mol. The van der Waals surface area contributed by atoms with Crippen molar-refractivity contribution in [1.29, 1.82) is 0 Å². The normalized spacial score (nSPS) is 11.9. The lowest BCUT2D eigenvalue weighted by Crippen LogP contribution is -2.27. The molecule has 0 aliphatic heterocycles. The van der Waals surface area contributed by atoms with Crippen LogP contribution in [0, 0.1) is 0 Å². The van der Waals surface area contributed by atoms with E-state index in [0.29, 0.717) is 10.7 Å². The van der Waals surface area contributed by atoms with Crippen LogP contribution in [-0.2, 0) is 0 Å². The van der Waals surface area contributed by atoms with E-state index in [1.165, 1.54) is 18.6 Å². The Bertz CT molecular complexity index is 545. The van der Waals surface area contributed by atoms with Gasteiger partial charge in [0.1, 0.15) is 5.69 Å². The van der Waals surface area contributed by atoms with Gasteiger partial charge in [0.15, 0.2) is 0 Å². The number of benzene rings is 1. The number of nitrogens with one attached hydrogen (secondary N) is 1. The van der Waals surface area contributed by atoms with Gasteiger partial charge in [-0.15, -0.1) is 0 Å². The van der Waals surface area contributed by atoms with E-state index >= 15 is 0 Å². The van der Waals surface area contributed by atoms with Gasteiger partial charge in [-0.3, -0.25) is 9.78 Å². The Kier molecular flexibility index (Phi) is 3.89. The molecule has 1 N–H and O–H groups in total. The molecule has 0 saturated heterocycles. The summed E-state index contributed by atoms with van der Waals surface area (Å²) in [4.78, 5) is 19.7. The van der Waals surface area contributed by atoms with Crippen LogP contribution in [0.3, 0.4) is 0 Å². The van der Waals surface area contributed by atoms with Crippen molar-refractivity contribution in [3.8, 4) is 0 Å². The Morgan fingerprint density at radius 2 is 2.22 bits per heavy atom. The lowest BCUT2D eigenvalue weighted by molar-refractivity contribution is 0.0934. The Labute approximate surface area is 110 Å². The third-order valence-electron chi connectivity index (χ3n) is 2.49. The monoisotopic (exact) mass is 261 g/mol. The molecule has 1 atom stereocenters. The summed E-state index contributed by atoms with van der Waals surface area (Å²) in [5, 5.41) is 3.49. The summed E-state index contributed by atoms with van der Waals surface area (Å²) in [7, 11) is 0. The fourth-order valence-electron chi connectivity index (χ4n) is 1.55. The molecule has 2 rings (SSSR count). The first-order valence-corrected chi connectivity index (χ1v) is 5.87. The van der Waals surface area contributed by atoms with E-state index in [1.807, 2.05) is 25.1 Å². The average molecular weight is 262 g/mol. The third-order valence-corrected chi connectivity index (χ3v) is 2.73. The number of carbonyl (C=O) groups excluding carboxylic acids is 1. The van der Waals surface area contributed by atoms with Crippen molar-refractivity contribution in [2.75, 3.05) is 0 Å². The molecule has 0 fully saturated rings. The molecule has 1 aromatic carbocycles. The first kappa shape index (κ1) is 12.5. The highest BCUT2D eigenvalue weighted by Crippen LogP contribution is 2.17. The van der Waals surface area contributed by atoms with E-state index < -0.39 is 0 Å². The summed E-state index contributed by atoms with van der Waals surface area (Å²) in [6.45, 7) is 1.89. The van der Waals surface area contributed by atoms with Gasteiger partial charge in [-0.05, 0) is 24.6 Å². The summed E-state index contributed by atoms with van der Waals surface area (Å²) in [5.41, 5.74) is 1.24. The number of hydrogen-bond acceptors (Lipinski definition) is 3. The highest BCUT2D eigenvalue weighted by molar-refractivity contribution is 6.30. The fourth-order valence-corrected chi connectivity index (χ4v) is 1.74. The Balaban J connectivity index is 2.08. The van der Waals surface area contributed by atoms with E-state index in [0.717, 1.165) is 5.56 Å². The van der Waals surface area contributed by atoms with Gasteiger partial charge in [-0.25, -0.2) is 4.98 Å². The van der Waals surface area contributed by atoms with Crippen LogP contribution in [0.2, 0.25) is 5.02 Å². The minimum Gasteiger partial charge on any atom is -0.344 e. The van der Waals surface area contributed by atoms with Crippen molar-refractivity contribution in [3.05, 3.63) is 59.1 Å². The summed E-state index contributed by atoms with van der Waals surface area (Å²) < 4.78 is 0. The zero-order valence-electron chi connectivity index (χ0n) is 9.80. The van der Waals surface area contributed by atoms with Crippen molar-refractivity contribution in [1.82, 2.24) is 15.3 Å². The van der Waals surface area contributed by atoms with Crippen LogP contribution in [0.5, 0.6) is 0 Å². The van der Waals surface area contributed by atoms with Gasteiger partial charge < -0.3 is 5.32 Å². The minimum atomic E-state index is -0.254. The lowest BCUT2D eigenvalue weighted by atomic mass is 10.1. The van der Waals surface area contributed by atoms with E-state index in [9.17, 15) is 4.79 Å². The number of aromatic nitrogens is 2. The van der Waals surface area contributed by atoms with Gasteiger partial charge in [-0.1, -0.05) is 23.7 Å². The molecule has 5 heteroatoms. The number of rotatable bonds is 3. The Hall–Kier alpha value is -1.94. The number of amides is 1. The van der Waals surface area contributed by atoms with Gasteiger partial charge in [-0.2, -0.15) is 0 Å². The van der Waals surface area contributed by atoms with Crippen molar-refractivity contribution < 1.29 is 4.79 Å². The van der Waals surface area contributed by atoms with Crippen LogP contribution in [0.25, 0.3) is 0 Å². The summed E-state index contributed by atoms with van der Waals surface area (Å²) >= 11 is 5.91. The number of carbonyl (C=O) groups is 1. The van der Waals surface area contributed by atoms with Crippen molar-refractivity contribution in [3.63, 3.8) is 0 Å². The molecule has 1 unspecified atom stereocenters. The van der Waals surface area contributed by atoms with E-state index in [2.05, 4.69) is 15.3 Å². The first-order chi connectivity index (χ1) is 8.66. The molecule has 0 spiro atoms. The highest BCUT2D eigenvalue weighted by atomic mass is 35.5. The van der Waals surface area contributed by atoms with Crippen LogP contribution in [0.4, 0.5) is 0 Å². The smallest absolute Gasteiger partial charge is 0.271 e. The third kappa shape index (κ3) is 3.05. The number of halogens is 1. The molecule has 0 bridgehead atoms. The lowest BCUT2D eigenvalue weighted by Gasteiger charge is -2.14. The van der Waals surface area contributed by atoms with Crippen LogP contribution >= 0.6 is 11.6 Å². The molecule has 2 aromatic rings. The topological polar surface area (TPSA) is 54.9 Å². The molecule has 4 nitrogen and oxygen atoms in total. The molecule has 1 aromatic heterocycles. The van der Waals surface area contributed by atoms with Crippen molar-refractivity contribution >= 4 is 17.5 Å². The van der Waals surface area contributed by atoms with Gasteiger partial charge >= 0.3 is 0 Å². The maximum atomic E-state index is 11.9. The largest absolute Gasteiger partial charge is 0.344 e. The van der Waals surface area contributed by atoms with E-state index in [1.54, 1.807) is 6.07 Å². The van der Waals surface area contributed by atoms with Crippen LogP contribution in [0.1, 0.15) is 29.0 Å². The molecule has 1 heterocycles.